The minimum Gasteiger partial charge on any atom is -0.481 e. The Morgan fingerprint density at radius 2 is 0.568 bits per heavy atom. The third-order valence-corrected chi connectivity index (χ3v) is 5.64. The van der Waals surface area contributed by atoms with Crippen molar-refractivity contribution in [3.05, 3.63) is 108 Å². The molecule has 0 bridgehead atoms. The average Bonchev–Trinajstić information content (AvgIpc) is 2.95. The van der Waals surface area contributed by atoms with Gasteiger partial charge in [-0.3, -0.25) is 28.8 Å². The zero-order valence-corrected chi connectivity index (χ0v) is 27.8. The van der Waals surface area contributed by atoms with Gasteiger partial charge in [-0.05, 0) is 16.7 Å². The van der Waals surface area contributed by atoms with E-state index in [-0.39, 0.29) is 118 Å². The summed E-state index contributed by atoms with van der Waals surface area (Å²) in [5.41, 5.74) is 1.55. The zero-order valence-electron chi connectivity index (χ0n) is 22.9. The standard InChI is InChI=1S/3C10H10O4.2Eu/c3*11-9(12)6-8(10(13)14)7-4-2-1-3-5-7;;/h3*1-5,8H,6H2,(H,11,12)(H,13,14);;. The van der Waals surface area contributed by atoms with E-state index in [0.29, 0.717) is 16.7 Å². The molecule has 3 aromatic rings. The topological polar surface area (TPSA) is 224 Å². The average molecular weight is 886 g/mol. The maximum absolute atomic E-state index is 10.8. The van der Waals surface area contributed by atoms with Crippen LogP contribution in [0.25, 0.3) is 0 Å². The first-order chi connectivity index (χ1) is 19.8. The van der Waals surface area contributed by atoms with Crippen LogP contribution in [0.2, 0.25) is 0 Å². The molecule has 6 N–H and O–H groups in total. The Morgan fingerprint density at radius 3 is 0.705 bits per heavy atom. The fourth-order valence-electron chi connectivity index (χ4n) is 3.62. The summed E-state index contributed by atoms with van der Waals surface area (Å²) in [5, 5.41) is 52.0. The van der Waals surface area contributed by atoms with E-state index >= 15 is 0 Å². The van der Waals surface area contributed by atoms with Crippen molar-refractivity contribution in [2.45, 2.75) is 37.0 Å². The molecule has 0 heterocycles. The van der Waals surface area contributed by atoms with Crippen LogP contribution in [0.1, 0.15) is 53.7 Å². The van der Waals surface area contributed by atoms with E-state index in [1.165, 1.54) is 0 Å². The number of carbonyl (C=O) groups is 6. The van der Waals surface area contributed by atoms with Crippen LogP contribution < -0.4 is 0 Å². The molecule has 0 aliphatic rings. The second kappa shape index (κ2) is 24.0. The van der Waals surface area contributed by atoms with E-state index in [2.05, 4.69) is 0 Å². The molecule has 0 amide bonds. The summed E-state index contributed by atoms with van der Waals surface area (Å²) in [5.74, 6) is -9.56. The summed E-state index contributed by atoms with van der Waals surface area (Å²) >= 11 is 0. The minimum absolute atomic E-state index is 0. The first-order valence-electron chi connectivity index (χ1n) is 12.3. The van der Waals surface area contributed by atoms with Crippen LogP contribution in [0.15, 0.2) is 91.0 Å². The first-order valence-corrected chi connectivity index (χ1v) is 12.3. The van der Waals surface area contributed by atoms with Crippen LogP contribution in [0, 0.1) is 98.8 Å². The van der Waals surface area contributed by atoms with Crippen molar-refractivity contribution in [1.82, 2.24) is 0 Å². The Kier molecular flexibility index (Phi) is 23.8. The van der Waals surface area contributed by atoms with Gasteiger partial charge < -0.3 is 30.6 Å². The van der Waals surface area contributed by atoms with Gasteiger partial charge in [-0.15, -0.1) is 0 Å². The van der Waals surface area contributed by atoms with Gasteiger partial charge in [0.2, 0.25) is 0 Å². The van der Waals surface area contributed by atoms with Gasteiger partial charge in [-0.25, -0.2) is 0 Å². The second-order valence-electron chi connectivity index (χ2n) is 8.70. The molecule has 3 rings (SSSR count). The Bertz CT molecular complexity index is 1170. The molecule has 44 heavy (non-hydrogen) atoms. The fraction of sp³-hybridized carbons (Fsp3) is 0.200. The number of hydrogen-bond acceptors (Lipinski definition) is 6. The van der Waals surface area contributed by atoms with Crippen LogP contribution in [-0.4, -0.2) is 66.5 Å². The van der Waals surface area contributed by atoms with Crippen LogP contribution in [0.5, 0.6) is 0 Å². The predicted octanol–water partition coefficient (Wildman–Crippen LogP) is 3.99. The number of aliphatic carboxylic acids is 6. The van der Waals surface area contributed by atoms with E-state index in [9.17, 15) is 28.8 Å². The van der Waals surface area contributed by atoms with Gasteiger partial charge >= 0.3 is 35.8 Å². The summed E-state index contributed by atoms with van der Waals surface area (Å²) in [4.78, 5) is 63.6. The molecule has 3 unspecified atom stereocenters. The summed E-state index contributed by atoms with van der Waals surface area (Å²) in [6.07, 6.45) is -1.17. The van der Waals surface area contributed by atoms with E-state index in [0.717, 1.165) is 0 Å². The van der Waals surface area contributed by atoms with E-state index < -0.39 is 53.6 Å². The molecule has 12 nitrogen and oxygen atoms in total. The smallest absolute Gasteiger partial charge is 0.311 e. The number of carboxylic acid groups (broad SMARTS) is 6. The van der Waals surface area contributed by atoms with Crippen molar-refractivity contribution in [3.8, 4) is 0 Å². The summed E-state index contributed by atoms with van der Waals surface area (Å²) in [6, 6.07) is 25.1. The molecule has 3 aromatic carbocycles. The molecule has 0 aliphatic carbocycles. The number of hydrogen-bond donors (Lipinski definition) is 6. The summed E-state index contributed by atoms with van der Waals surface area (Å²) < 4.78 is 0. The molecule has 236 valence electrons. The van der Waals surface area contributed by atoms with Gasteiger partial charge in [-0.2, -0.15) is 0 Å². The molecule has 0 fully saturated rings. The maximum atomic E-state index is 10.8. The Balaban J connectivity index is 0. The molecule has 0 aromatic heterocycles. The van der Waals surface area contributed by atoms with Gasteiger partial charge in [0.05, 0.1) is 37.0 Å². The van der Waals surface area contributed by atoms with Gasteiger partial charge in [-0.1, -0.05) is 91.0 Å². The molecule has 3 atom stereocenters. The Hall–Kier alpha value is -2.35. The van der Waals surface area contributed by atoms with Gasteiger partial charge in [0, 0.05) is 98.8 Å². The van der Waals surface area contributed by atoms with E-state index in [1.54, 1.807) is 91.0 Å². The predicted molar refractivity (Wildman–Crippen MR) is 147 cm³/mol. The van der Waals surface area contributed by atoms with Crippen molar-refractivity contribution in [3.63, 3.8) is 0 Å². The monoisotopic (exact) mass is 888 g/mol. The Morgan fingerprint density at radius 1 is 0.386 bits per heavy atom. The zero-order chi connectivity index (χ0) is 31.7. The van der Waals surface area contributed by atoms with Crippen molar-refractivity contribution < 1.29 is 158 Å². The van der Waals surface area contributed by atoms with Crippen LogP contribution in [0.3, 0.4) is 0 Å². The normalized spacial score (nSPS) is 11.5. The number of carboxylic acids is 6. The number of rotatable bonds is 12. The molecular weight excluding hydrogens is 856 g/mol. The van der Waals surface area contributed by atoms with Gasteiger partial charge in [0.15, 0.2) is 0 Å². The molecule has 0 spiro atoms. The minimum atomic E-state index is -1.11. The van der Waals surface area contributed by atoms with E-state index in [1.807, 2.05) is 0 Å². The summed E-state index contributed by atoms with van der Waals surface area (Å²) in [6.45, 7) is 0. The van der Waals surface area contributed by atoms with E-state index in [4.69, 9.17) is 30.6 Å². The third kappa shape index (κ3) is 17.8. The Labute approximate surface area is 334 Å². The SMILES string of the molecule is O=C(O)CC(C(=O)O)c1ccccc1.O=C(O)CC(C(=O)O)c1ccccc1.O=C(O)CC(C(=O)O)c1ccccc1.[Eu].[Eu]. The van der Waals surface area contributed by atoms with Crippen molar-refractivity contribution >= 4 is 35.8 Å². The second-order valence-corrected chi connectivity index (χ2v) is 8.70. The molecule has 0 saturated carbocycles. The van der Waals surface area contributed by atoms with Crippen molar-refractivity contribution in [2.24, 2.45) is 0 Å². The van der Waals surface area contributed by atoms with Crippen LogP contribution in [0.4, 0.5) is 0 Å². The quantitative estimate of drug-likeness (QED) is 0.152. The summed E-state index contributed by atoms with van der Waals surface area (Å²) in [7, 11) is 0. The molecule has 2 radical (unpaired) electrons. The molecular formula is C30H30Eu2O12. The molecule has 0 saturated heterocycles. The fourth-order valence-corrected chi connectivity index (χ4v) is 3.62. The molecule has 14 heteroatoms. The van der Waals surface area contributed by atoms with Crippen LogP contribution >= 0.6 is 0 Å². The van der Waals surface area contributed by atoms with Gasteiger partial charge in [0.25, 0.3) is 0 Å². The van der Waals surface area contributed by atoms with Crippen molar-refractivity contribution in [2.75, 3.05) is 0 Å². The van der Waals surface area contributed by atoms with Gasteiger partial charge in [0.1, 0.15) is 0 Å². The number of benzene rings is 3. The molecule has 0 aliphatic heterocycles. The first kappa shape index (κ1) is 43.8. The maximum Gasteiger partial charge on any atom is 0.311 e. The third-order valence-electron chi connectivity index (χ3n) is 5.64. The van der Waals surface area contributed by atoms with Crippen LogP contribution in [-0.2, 0) is 28.8 Å². The largest absolute Gasteiger partial charge is 0.481 e. The van der Waals surface area contributed by atoms with Crippen molar-refractivity contribution in [1.29, 1.82) is 0 Å².